The van der Waals surface area contributed by atoms with Crippen molar-refractivity contribution < 1.29 is 4.79 Å². The van der Waals surface area contributed by atoms with E-state index in [2.05, 4.69) is 0 Å². The van der Waals surface area contributed by atoms with Gasteiger partial charge in [0, 0.05) is 37.6 Å². The molecule has 1 aromatic carbocycles. The van der Waals surface area contributed by atoms with Crippen LogP contribution in [0.25, 0.3) is 0 Å². The van der Waals surface area contributed by atoms with Crippen molar-refractivity contribution in [2.24, 2.45) is 5.84 Å². The second-order valence-corrected chi connectivity index (χ2v) is 5.33. The number of carbonyl (C=O) groups is 1. The minimum Gasteiger partial charge on any atom is -0.340 e. The van der Waals surface area contributed by atoms with Crippen molar-refractivity contribution in [3.8, 4) is 0 Å². The summed E-state index contributed by atoms with van der Waals surface area (Å²) in [6.45, 7) is 3.03. The van der Waals surface area contributed by atoms with Gasteiger partial charge in [0.1, 0.15) is 0 Å². The molecular formula is C14H20ClN3O. The van der Waals surface area contributed by atoms with Crippen LogP contribution in [0, 0.1) is 0 Å². The first-order valence-corrected chi connectivity index (χ1v) is 7.05. The number of piperazine rings is 1. The fourth-order valence-electron chi connectivity index (χ4n) is 2.22. The summed E-state index contributed by atoms with van der Waals surface area (Å²) in [5.41, 5.74) is 1.23. The normalized spacial score (nSPS) is 16.6. The van der Waals surface area contributed by atoms with Crippen molar-refractivity contribution >= 4 is 17.5 Å². The summed E-state index contributed by atoms with van der Waals surface area (Å²) in [6, 6.07) is 7.80. The molecule has 2 N–H and O–H groups in total. The van der Waals surface area contributed by atoms with Crippen molar-refractivity contribution in [3.63, 3.8) is 0 Å². The molecule has 1 aliphatic heterocycles. The molecule has 1 saturated heterocycles. The van der Waals surface area contributed by atoms with Gasteiger partial charge in [0.25, 0.3) is 0 Å². The molecule has 0 bridgehead atoms. The summed E-state index contributed by atoms with van der Waals surface area (Å²) in [6.07, 6.45) is 2.40. The average Bonchev–Trinajstić information content (AvgIpc) is 2.41. The summed E-state index contributed by atoms with van der Waals surface area (Å²) >= 11 is 5.83. The third kappa shape index (κ3) is 4.49. The van der Waals surface area contributed by atoms with Gasteiger partial charge in [0.2, 0.25) is 5.91 Å². The lowest BCUT2D eigenvalue weighted by Gasteiger charge is -2.32. The van der Waals surface area contributed by atoms with E-state index in [1.807, 2.05) is 29.2 Å². The van der Waals surface area contributed by atoms with Crippen LogP contribution in [0.15, 0.2) is 24.3 Å². The molecule has 0 aromatic heterocycles. The number of hydrogen-bond acceptors (Lipinski definition) is 3. The highest BCUT2D eigenvalue weighted by atomic mass is 35.5. The van der Waals surface area contributed by atoms with Gasteiger partial charge < -0.3 is 4.90 Å². The highest BCUT2D eigenvalue weighted by Gasteiger charge is 2.18. The third-order valence-corrected chi connectivity index (χ3v) is 3.69. The Kier molecular flexibility index (Phi) is 5.19. The molecule has 0 aliphatic carbocycles. The summed E-state index contributed by atoms with van der Waals surface area (Å²) in [4.78, 5) is 13.9. The number of carbonyl (C=O) groups excluding carboxylic acids is 1. The zero-order valence-electron chi connectivity index (χ0n) is 11.0. The van der Waals surface area contributed by atoms with Crippen LogP contribution in [0.4, 0.5) is 0 Å². The van der Waals surface area contributed by atoms with E-state index in [0.717, 1.165) is 44.0 Å². The van der Waals surface area contributed by atoms with Crippen LogP contribution in [0.5, 0.6) is 0 Å². The smallest absolute Gasteiger partial charge is 0.222 e. The fraction of sp³-hybridized carbons (Fsp3) is 0.500. The van der Waals surface area contributed by atoms with Crippen LogP contribution in [0.1, 0.15) is 18.4 Å². The van der Waals surface area contributed by atoms with Crippen LogP contribution in [0.3, 0.4) is 0 Å². The molecule has 0 saturated carbocycles. The van der Waals surface area contributed by atoms with E-state index in [1.165, 1.54) is 5.56 Å². The maximum Gasteiger partial charge on any atom is 0.222 e. The number of halogens is 1. The van der Waals surface area contributed by atoms with Gasteiger partial charge in [0.05, 0.1) is 0 Å². The van der Waals surface area contributed by atoms with Crippen molar-refractivity contribution in [1.82, 2.24) is 9.91 Å². The quantitative estimate of drug-likeness (QED) is 0.855. The Morgan fingerprint density at radius 3 is 2.42 bits per heavy atom. The molecule has 4 nitrogen and oxygen atoms in total. The SMILES string of the molecule is NN1CCN(C(=O)CCCc2ccc(Cl)cc2)CC1. The Hall–Kier alpha value is -1.10. The zero-order valence-corrected chi connectivity index (χ0v) is 11.8. The van der Waals surface area contributed by atoms with Crippen molar-refractivity contribution in [3.05, 3.63) is 34.9 Å². The van der Waals surface area contributed by atoms with E-state index in [9.17, 15) is 4.79 Å². The Labute approximate surface area is 119 Å². The molecule has 0 radical (unpaired) electrons. The van der Waals surface area contributed by atoms with E-state index >= 15 is 0 Å². The monoisotopic (exact) mass is 281 g/mol. The first kappa shape index (κ1) is 14.3. The van der Waals surface area contributed by atoms with Crippen molar-refractivity contribution in [2.75, 3.05) is 26.2 Å². The number of aryl methyl sites for hydroxylation is 1. The molecule has 1 fully saturated rings. The highest BCUT2D eigenvalue weighted by Crippen LogP contribution is 2.12. The number of hydrogen-bond donors (Lipinski definition) is 1. The zero-order chi connectivity index (χ0) is 13.7. The lowest BCUT2D eigenvalue weighted by atomic mass is 10.1. The van der Waals surface area contributed by atoms with Gasteiger partial charge in [-0.05, 0) is 30.5 Å². The first-order chi connectivity index (χ1) is 9.15. The van der Waals surface area contributed by atoms with Gasteiger partial charge in [-0.3, -0.25) is 10.6 Å². The Morgan fingerprint density at radius 1 is 1.16 bits per heavy atom. The van der Waals surface area contributed by atoms with E-state index < -0.39 is 0 Å². The van der Waals surface area contributed by atoms with Gasteiger partial charge in [-0.2, -0.15) is 0 Å². The van der Waals surface area contributed by atoms with E-state index in [0.29, 0.717) is 6.42 Å². The number of nitrogens with zero attached hydrogens (tertiary/aromatic N) is 2. The summed E-state index contributed by atoms with van der Waals surface area (Å²) in [5, 5.41) is 2.51. The topological polar surface area (TPSA) is 49.6 Å². The molecule has 2 rings (SSSR count). The Bertz CT molecular complexity index is 413. The summed E-state index contributed by atoms with van der Waals surface area (Å²) in [7, 11) is 0. The van der Waals surface area contributed by atoms with Crippen molar-refractivity contribution in [2.45, 2.75) is 19.3 Å². The number of hydrazine groups is 1. The van der Waals surface area contributed by atoms with Gasteiger partial charge >= 0.3 is 0 Å². The molecular weight excluding hydrogens is 262 g/mol. The number of benzene rings is 1. The molecule has 104 valence electrons. The van der Waals surface area contributed by atoms with E-state index in [1.54, 1.807) is 5.01 Å². The maximum absolute atomic E-state index is 12.0. The number of rotatable bonds is 4. The lowest BCUT2D eigenvalue weighted by molar-refractivity contribution is -0.133. The lowest BCUT2D eigenvalue weighted by Crippen LogP contribution is -2.51. The molecule has 5 heteroatoms. The fourth-order valence-corrected chi connectivity index (χ4v) is 2.35. The van der Waals surface area contributed by atoms with E-state index in [-0.39, 0.29) is 5.91 Å². The molecule has 1 aromatic rings. The van der Waals surface area contributed by atoms with Crippen LogP contribution >= 0.6 is 11.6 Å². The van der Waals surface area contributed by atoms with Crippen LogP contribution in [-0.2, 0) is 11.2 Å². The molecule has 19 heavy (non-hydrogen) atoms. The number of amides is 1. The molecule has 1 heterocycles. The minimum absolute atomic E-state index is 0.238. The molecule has 0 atom stereocenters. The predicted octanol–water partition coefficient (Wildman–Crippen LogP) is 1.68. The van der Waals surface area contributed by atoms with Crippen molar-refractivity contribution in [1.29, 1.82) is 0 Å². The minimum atomic E-state index is 0.238. The van der Waals surface area contributed by atoms with E-state index in [4.69, 9.17) is 17.4 Å². The summed E-state index contributed by atoms with van der Waals surface area (Å²) in [5.74, 6) is 5.91. The van der Waals surface area contributed by atoms with Crippen LogP contribution in [-0.4, -0.2) is 42.0 Å². The van der Waals surface area contributed by atoms with Crippen LogP contribution in [0.2, 0.25) is 5.02 Å². The second kappa shape index (κ2) is 6.89. The first-order valence-electron chi connectivity index (χ1n) is 6.67. The van der Waals surface area contributed by atoms with Gasteiger partial charge in [-0.25, -0.2) is 5.01 Å². The summed E-state index contributed by atoms with van der Waals surface area (Å²) < 4.78 is 0. The van der Waals surface area contributed by atoms with Gasteiger partial charge in [-0.15, -0.1) is 0 Å². The second-order valence-electron chi connectivity index (χ2n) is 4.90. The Balaban J connectivity index is 1.70. The molecule has 1 amide bonds. The maximum atomic E-state index is 12.0. The largest absolute Gasteiger partial charge is 0.340 e. The molecule has 0 spiro atoms. The standard InChI is InChI=1S/C14H20ClN3O/c15-13-6-4-12(5-7-13)2-1-3-14(19)17-8-10-18(16)11-9-17/h4-7H,1-3,8-11,16H2. The third-order valence-electron chi connectivity index (χ3n) is 3.44. The molecule has 1 aliphatic rings. The average molecular weight is 282 g/mol. The van der Waals surface area contributed by atoms with Gasteiger partial charge in [-0.1, -0.05) is 23.7 Å². The predicted molar refractivity (Wildman–Crippen MR) is 76.7 cm³/mol. The van der Waals surface area contributed by atoms with Gasteiger partial charge in [0.15, 0.2) is 0 Å². The number of nitrogens with two attached hydrogens (primary N) is 1. The van der Waals surface area contributed by atoms with Crippen LogP contribution < -0.4 is 5.84 Å². The Morgan fingerprint density at radius 2 is 1.79 bits per heavy atom. The highest BCUT2D eigenvalue weighted by molar-refractivity contribution is 6.30. The molecule has 0 unspecified atom stereocenters.